The molecular formula is C19H14F6N2O. The number of hydrogen-bond acceptors (Lipinski definition) is 1. The van der Waals surface area contributed by atoms with E-state index in [1.54, 1.807) is 0 Å². The molecule has 0 fully saturated rings. The molecule has 2 aromatic rings. The van der Waals surface area contributed by atoms with Gasteiger partial charge in [-0.15, -0.1) is 6.58 Å². The quantitative estimate of drug-likeness (QED) is 0.568. The summed E-state index contributed by atoms with van der Waals surface area (Å²) in [6.07, 6.45) is -3.64. The molecule has 0 radical (unpaired) electrons. The molecule has 0 bridgehead atoms. The zero-order valence-corrected chi connectivity index (χ0v) is 14.3. The van der Waals surface area contributed by atoms with E-state index in [-0.39, 0.29) is 12.0 Å². The lowest BCUT2D eigenvalue weighted by molar-refractivity contribution is -0.118. The number of urea groups is 1. The van der Waals surface area contributed by atoms with Gasteiger partial charge in [-0.05, 0) is 36.2 Å². The third-order valence-corrected chi connectivity index (χ3v) is 4.48. The molecule has 1 aliphatic rings. The Labute approximate surface area is 156 Å². The fourth-order valence-electron chi connectivity index (χ4n) is 3.37. The molecule has 3 rings (SSSR count). The van der Waals surface area contributed by atoms with Gasteiger partial charge in [0.15, 0.2) is 11.6 Å². The molecule has 0 aliphatic carbocycles. The Morgan fingerprint density at radius 1 is 1.07 bits per heavy atom. The van der Waals surface area contributed by atoms with E-state index in [1.165, 1.54) is 18.2 Å². The highest BCUT2D eigenvalue weighted by atomic mass is 19.4. The van der Waals surface area contributed by atoms with Crippen LogP contribution in [0.15, 0.2) is 49.1 Å². The molecule has 0 saturated heterocycles. The van der Waals surface area contributed by atoms with Gasteiger partial charge in [-0.25, -0.2) is 18.0 Å². The number of fused-ring (bicyclic) bond motifs is 1. The van der Waals surface area contributed by atoms with Crippen LogP contribution in [-0.4, -0.2) is 18.8 Å². The topological polar surface area (TPSA) is 32.3 Å². The largest absolute Gasteiger partial charge is 0.406 e. The maximum Gasteiger partial charge on any atom is 0.406 e. The van der Waals surface area contributed by atoms with Crippen LogP contribution in [0.4, 0.5) is 36.8 Å². The minimum absolute atomic E-state index is 0.166. The molecule has 148 valence electrons. The zero-order chi connectivity index (χ0) is 20.7. The first-order valence-electron chi connectivity index (χ1n) is 8.11. The second-order valence-electron chi connectivity index (χ2n) is 6.29. The smallest absolute Gasteiger partial charge is 0.324 e. The van der Waals surface area contributed by atoms with Crippen molar-refractivity contribution in [3.8, 4) is 0 Å². The molecule has 1 atom stereocenters. The molecule has 0 saturated carbocycles. The fourth-order valence-corrected chi connectivity index (χ4v) is 3.37. The number of nitrogens with one attached hydrogen (secondary N) is 1. The highest BCUT2D eigenvalue weighted by Gasteiger charge is 2.48. The lowest BCUT2D eigenvalue weighted by atomic mass is 9.77. The number of carbonyl (C=O) groups is 1. The number of benzene rings is 2. The summed E-state index contributed by atoms with van der Waals surface area (Å²) in [5.41, 5.74) is -2.50. The van der Waals surface area contributed by atoms with Crippen LogP contribution >= 0.6 is 0 Å². The summed E-state index contributed by atoms with van der Waals surface area (Å²) in [4.78, 5) is 12.8. The molecule has 0 spiro atoms. The Bertz CT molecular complexity index is 925. The van der Waals surface area contributed by atoms with Gasteiger partial charge < -0.3 is 5.32 Å². The van der Waals surface area contributed by atoms with Gasteiger partial charge in [0.25, 0.3) is 0 Å². The Morgan fingerprint density at radius 3 is 2.29 bits per heavy atom. The van der Waals surface area contributed by atoms with E-state index < -0.39 is 53.0 Å². The SMILES string of the molecule is C=CCC1(c2ccc(F)cc2)NC(=O)N(CC(F)(F)F)c2ccc(F)c(F)c21. The van der Waals surface area contributed by atoms with Crippen LogP contribution in [0.5, 0.6) is 0 Å². The Kier molecular flexibility index (Phi) is 4.86. The molecule has 2 aromatic carbocycles. The van der Waals surface area contributed by atoms with E-state index in [2.05, 4.69) is 11.9 Å². The maximum absolute atomic E-state index is 14.9. The average Bonchev–Trinajstić information content (AvgIpc) is 2.60. The minimum atomic E-state index is -4.77. The molecule has 1 aliphatic heterocycles. The number of amides is 2. The third-order valence-electron chi connectivity index (χ3n) is 4.48. The first kappa shape index (κ1) is 19.8. The van der Waals surface area contributed by atoms with Gasteiger partial charge in [0.05, 0.1) is 5.69 Å². The van der Waals surface area contributed by atoms with Crippen LogP contribution in [-0.2, 0) is 5.54 Å². The third kappa shape index (κ3) is 3.32. The van der Waals surface area contributed by atoms with Crippen molar-refractivity contribution >= 4 is 11.7 Å². The van der Waals surface area contributed by atoms with Gasteiger partial charge in [-0.2, -0.15) is 13.2 Å². The van der Waals surface area contributed by atoms with Gasteiger partial charge in [-0.1, -0.05) is 18.2 Å². The molecule has 2 amide bonds. The first-order valence-corrected chi connectivity index (χ1v) is 8.11. The van der Waals surface area contributed by atoms with Gasteiger partial charge in [0.2, 0.25) is 0 Å². The van der Waals surface area contributed by atoms with Gasteiger partial charge in [0, 0.05) is 5.56 Å². The molecule has 1 N–H and O–H groups in total. The second kappa shape index (κ2) is 6.88. The van der Waals surface area contributed by atoms with Crippen LogP contribution in [0.25, 0.3) is 0 Å². The Hall–Kier alpha value is -2.97. The van der Waals surface area contributed by atoms with Crippen molar-refractivity contribution in [1.82, 2.24) is 5.32 Å². The predicted octanol–water partition coefficient (Wildman–Crippen LogP) is 5.02. The number of carbonyl (C=O) groups excluding carboxylic acids is 1. The molecule has 1 heterocycles. The molecule has 0 aromatic heterocycles. The lowest BCUT2D eigenvalue weighted by Gasteiger charge is -2.44. The lowest BCUT2D eigenvalue weighted by Crippen LogP contribution is -2.59. The summed E-state index contributed by atoms with van der Waals surface area (Å²) >= 11 is 0. The molecule has 9 heteroatoms. The molecule has 3 nitrogen and oxygen atoms in total. The average molecular weight is 400 g/mol. The summed E-state index contributed by atoms with van der Waals surface area (Å²) < 4.78 is 81.1. The predicted molar refractivity (Wildman–Crippen MR) is 90.3 cm³/mol. The minimum Gasteiger partial charge on any atom is -0.324 e. The zero-order valence-electron chi connectivity index (χ0n) is 14.3. The number of hydrogen-bond donors (Lipinski definition) is 1. The number of halogens is 6. The molecular weight excluding hydrogens is 386 g/mol. The number of anilines is 1. The van der Waals surface area contributed by atoms with Crippen molar-refractivity contribution in [2.45, 2.75) is 18.1 Å². The van der Waals surface area contributed by atoms with Gasteiger partial charge in [0.1, 0.15) is 17.9 Å². The number of rotatable bonds is 4. The van der Waals surface area contributed by atoms with Crippen LogP contribution < -0.4 is 10.2 Å². The summed E-state index contributed by atoms with van der Waals surface area (Å²) in [5, 5.41) is 2.35. The van der Waals surface area contributed by atoms with Gasteiger partial charge >= 0.3 is 12.2 Å². The van der Waals surface area contributed by atoms with Crippen LogP contribution in [0.3, 0.4) is 0 Å². The van der Waals surface area contributed by atoms with Crippen molar-refractivity contribution in [2.24, 2.45) is 0 Å². The van der Waals surface area contributed by atoms with E-state index in [9.17, 15) is 31.1 Å². The Morgan fingerprint density at radius 2 is 1.71 bits per heavy atom. The van der Waals surface area contributed by atoms with Crippen LogP contribution in [0.1, 0.15) is 17.5 Å². The van der Waals surface area contributed by atoms with Crippen LogP contribution in [0.2, 0.25) is 0 Å². The van der Waals surface area contributed by atoms with E-state index in [0.29, 0.717) is 11.0 Å². The summed E-state index contributed by atoms with van der Waals surface area (Å²) in [6.45, 7) is 1.85. The highest BCUT2D eigenvalue weighted by Crippen LogP contribution is 2.45. The van der Waals surface area contributed by atoms with Crippen molar-refractivity contribution in [1.29, 1.82) is 0 Å². The van der Waals surface area contributed by atoms with Gasteiger partial charge in [-0.3, -0.25) is 4.90 Å². The summed E-state index contributed by atoms with van der Waals surface area (Å²) in [5.74, 6) is -3.31. The van der Waals surface area contributed by atoms with Crippen molar-refractivity contribution in [3.05, 3.63) is 77.6 Å². The van der Waals surface area contributed by atoms with E-state index in [1.807, 2.05) is 0 Å². The summed E-state index contributed by atoms with van der Waals surface area (Å²) in [7, 11) is 0. The summed E-state index contributed by atoms with van der Waals surface area (Å²) in [6, 6.07) is 5.00. The molecule has 1 unspecified atom stereocenters. The van der Waals surface area contributed by atoms with Crippen molar-refractivity contribution < 1.29 is 31.1 Å². The van der Waals surface area contributed by atoms with Crippen molar-refractivity contribution in [3.63, 3.8) is 0 Å². The first-order chi connectivity index (χ1) is 13.1. The standard InChI is InChI=1S/C19H14F6N2O/c1-2-9-18(11-3-5-12(20)6-4-11)15-14(8-7-13(21)16(15)22)27(17(28)26-18)10-19(23,24)25/h2-8H,1,9-10H2,(H,26,28). The second-order valence-corrected chi connectivity index (χ2v) is 6.29. The molecule has 28 heavy (non-hydrogen) atoms. The van der Waals surface area contributed by atoms with E-state index >= 15 is 0 Å². The van der Waals surface area contributed by atoms with Crippen LogP contribution in [0, 0.1) is 17.5 Å². The fraction of sp³-hybridized carbons (Fsp3) is 0.211. The maximum atomic E-state index is 14.9. The number of alkyl halides is 3. The number of nitrogens with zero attached hydrogens (tertiary/aromatic N) is 1. The van der Waals surface area contributed by atoms with E-state index in [4.69, 9.17) is 0 Å². The monoisotopic (exact) mass is 400 g/mol. The van der Waals surface area contributed by atoms with E-state index in [0.717, 1.165) is 18.2 Å². The van der Waals surface area contributed by atoms with Crippen molar-refractivity contribution in [2.75, 3.05) is 11.4 Å². The highest BCUT2D eigenvalue weighted by molar-refractivity contribution is 5.97. The Balaban J connectivity index is 2.31. The normalized spacial score (nSPS) is 19.2.